The van der Waals surface area contributed by atoms with Crippen LogP contribution in [0.4, 0.5) is 0 Å². The Kier molecular flexibility index (Phi) is 4.97. The maximum absolute atomic E-state index is 12.1. The van der Waals surface area contributed by atoms with Crippen LogP contribution in [0.2, 0.25) is 0 Å². The highest BCUT2D eigenvalue weighted by Crippen LogP contribution is 2.23. The van der Waals surface area contributed by atoms with Crippen LogP contribution in [0.3, 0.4) is 0 Å². The highest BCUT2D eigenvalue weighted by atomic mass is 79.9. The van der Waals surface area contributed by atoms with Gasteiger partial charge in [-0.15, -0.1) is 0 Å². The number of carbonyl (C=O) groups excluding carboxylic acids is 1. The molecule has 0 aliphatic heterocycles. The molecule has 7 heteroatoms. The van der Waals surface area contributed by atoms with Crippen LogP contribution in [0.5, 0.6) is 0 Å². The smallest absolute Gasteiger partial charge is 0.359 e. The number of amidine groups is 1. The first-order valence-corrected chi connectivity index (χ1v) is 7.52. The van der Waals surface area contributed by atoms with Crippen molar-refractivity contribution in [1.29, 1.82) is 0 Å². The number of rotatable bonds is 4. The van der Waals surface area contributed by atoms with Crippen LogP contribution in [0, 0.1) is 13.8 Å². The molecule has 0 amide bonds. The van der Waals surface area contributed by atoms with Crippen LogP contribution >= 0.6 is 15.9 Å². The van der Waals surface area contributed by atoms with Gasteiger partial charge in [0.15, 0.2) is 5.84 Å². The number of benzene rings is 1. The fourth-order valence-electron chi connectivity index (χ4n) is 1.95. The fourth-order valence-corrected chi connectivity index (χ4v) is 2.21. The third kappa shape index (κ3) is 3.36. The molecule has 0 saturated heterocycles. The lowest BCUT2D eigenvalue weighted by Gasteiger charge is -2.11. The summed E-state index contributed by atoms with van der Waals surface area (Å²) in [5.74, 6) is -0.382. The predicted octanol–water partition coefficient (Wildman–Crippen LogP) is 2.69. The largest absolute Gasteiger partial charge is 0.380 e. The van der Waals surface area contributed by atoms with Crippen molar-refractivity contribution in [3.05, 3.63) is 51.8 Å². The molecule has 2 N–H and O–H groups in total. The van der Waals surface area contributed by atoms with Crippen molar-refractivity contribution in [1.82, 2.24) is 9.78 Å². The van der Waals surface area contributed by atoms with E-state index < -0.39 is 12.0 Å². The number of halogens is 1. The van der Waals surface area contributed by atoms with Crippen molar-refractivity contribution in [3.63, 3.8) is 0 Å². The molecule has 1 atom stereocenters. The first kappa shape index (κ1) is 16.2. The zero-order chi connectivity index (χ0) is 16.3. The molecule has 1 aromatic heterocycles. The predicted molar refractivity (Wildman–Crippen MR) is 87.4 cm³/mol. The molecule has 1 aromatic carbocycles. The second kappa shape index (κ2) is 6.74. The van der Waals surface area contributed by atoms with Gasteiger partial charge in [0.05, 0.1) is 15.9 Å². The summed E-state index contributed by atoms with van der Waals surface area (Å²) in [7, 11) is 0. The second-order valence-electron chi connectivity index (χ2n) is 4.86. The molecule has 0 aliphatic rings. The van der Waals surface area contributed by atoms with E-state index in [2.05, 4.69) is 26.2 Å². The molecule has 0 aliphatic carbocycles. The van der Waals surface area contributed by atoms with E-state index in [1.54, 1.807) is 23.7 Å². The van der Waals surface area contributed by atoms with Gasteiger partial charge in [-0.2, -0.15) is 5.10 Å². The summed E-state index contributed by atoms with van der Waals surface area (Å²) in [6.45, 7) is 5.43. The molecule has 6 nitrogen and oxygen atoms in total. The lowest BCUT2D eigenvalue weighted by molar-refractivity contribution is -0.147. The normalized spacial score (nSPS) is 13.0. The van der Waals surface area contributed by atoms with Crippen LogP contribution in [-0.2, 0) is 9.63 Å². The number of hydrogen-bond acceptors (Lipinski definition) is 4. The number of carbonyl (C=O) groups is 1. The van der Waals surface area contributed by atoms with E-state index in [4.69, 9.17) is 10.6 Å². The van der Waals surface area contributed by atoms with Crippen LogP contribution in [0.15, 0.2) is 40.0 Å². The quantitative estimate of drug-likeness (QED) is 0.391. The number of nitrogens with zero attached hydrogens (tertiary/aromatic N) is 3. The molecule has 1 heterocycles. The third-order valence-electron chi connectivity index (χ3n) is 3.25. The number of oxime groups is 1. The summed E-state index contributed by atoms with van der Waals surface area (Å²) in [6.07, 6.45) is 0. The Morgan fingerprint density at radius 3 is 2.55 bits per heavy atom. The van der Waals surface area contributed by atoms with E-state index in [1.807, 2.05) is 32.0 Å². The van der Waals surface area contributed by atoms with Crippen molar-refractivity contribution >= 4 is 27.7 Å². The lowest BCUT2D eigenvalue weighted by atomic mass is 10.2. The molecule has 2 aromatic rings. The molecule has 0 fully saturated rings. The van der Waals surface area contributed by atoms with Gasteiger partial charge in [0.25, 0.3) is 0 Å². The van der Waals surface area contributed by atoms with Crippen LogP contribution in [0.25, 0.3) is 0 Å². The minimum absolute atomic E-state index is 0.149. The number of hydrogen-bond donors (Lipinski definition) is 1. The number of aryl methyl sites for hydroxylation is 1. The monoisotopic (exact) mass is 364 g/mol. The van der Waals surface area contributed by atoms with Gasteiger partial charge in [-0.05, 0) is 36.7 Å². The van der Waals surface area contributed by atoms with E-state index in [0.717, 1.165) is 15.9 Å². The highest BCUT2D eigenvalue weighted by molar-refractivity contribution is 9.10. The van der Waals surface area contributed by atoms with Gasteiger partial charge in [0.2, 0.25) is 0 Å². The van der Waals surface area contributed by atoms with E-state index in [1.165, 1.54) is 0 Å². The van der Waals surface area contributed by atoms with Crippen molar-refractivity contribution in [2.24, 2.45) is 10.9 Å². The summed E-state index contributed by atoms with van der Waals surface area (Å²) in [4.78, 5) is 17.0. The van der Waals surface area contributed by atoms with Crippen molar-refractivity contribution in [3.8, 4) is 0 Å². The maximum atomic E-state index is 12.1. The van der Waals surface area contributed by atoms with E-state index in [0.29, 0.717) is 5.56 Å². The molecule has 0 spiro atoms. The van der Waals surface area contributed by atoms with E-state index in [-0.39, 0.29) is 5.84 Å². The average molecular weight is 365 g/mol. The molecule has 0 radical (unpaired) electrons. The topological polar surface area (TPSA) is 82.5 Å². The minimum atomic E-state index is -0.600. The Hall–Kier alpha value is -2.15. The third-order valence-corrected chi connectivity index (χ3v) is 4.40. The van der Waals surface area contributed by atoms with Gasteiger partial charge < -0.3 is 10.6 Å². The highest BCUT2D eigenvalue weighted by Gasteiger charge is 2.22. The first-order valence-electron chi connectivity index (χ1n) is 6.72. The molecule has 2 rings (SSSR count). The van der Waals surface area contributed by atoms with Crippen molar-refractivity contribution < 1.29 is 9.63 Å². The minimum Gasteiger partial charge on any atom is -0.380 e. The Labute approximate surface area is 137 Å². The summed E-state index contributed by atoms with van der Waals surface area (Å²) in [5.41, 5.74) is 8.13. The summed E-state index contributed by atoms with van der Waals surface area (Å²) >= 11 is 3.43. The Morgan fingerprint density at radius 1 is 1.36 bits per heavy atom. The molecule has 0 saturated carbocycles. The van der Waals surface area contributed by atoms with Crippen LogP contribution in [0.1, 0.15) is 29.9 Å². The fraction of sp³-hybridized carbons (Fsp3) is 0.267. The Bertz CT molecular complexity index is 710. The number of nitrogens with two attached hydrogens (primary N) is 1. The molecule has 1 unspecified atom stereocenters. The van der Waals surface area contributed by atoms with Gasteiger partial charge in [0.1, 0.15) is 6.04 Å². The summed E-state index contributed by atoms with van der Waals surface area (Å²) in [5, 5.41) is 8.00. The van der Waals surface area contributed by atoms with Crippen molar-refractivity contribution in [2.75, 3.05) is 0 Å². The molecular weight excluding hydrogens is 348 g/mol. The summed E-state index contributed by atoms with van der Waals surface area (Å²) < 4.78 is 2.47. The molecular formula is C15H17BrN4O2. The zero-order valence-electron chi connectivity index (χ0n) is 12.6. The van der Waals surface area contributed by atoms with E-state index in [9.17, 15) is 4.79 Å². The molecule has 22 heavy (non-hydrogen) atoms. The second-order valence-corrected chi connectivity index (χ2v) is 5.65. The summed E-state index contributed by atoms with van der Waals surface area (Å²) in [6, 6.07) is 8.50. The van der Waals surface area contributed by atoms with Gasteiger partial charge in [0, 0.05) is 5.56 Å². The lowest BCUT2D eigenvalue weighted by Crippen LogP contribution is -2.22. The molecule has 116 valence electrons. The first-order chi connectivity index (χ1) is 10.4. The zero-order valence-corrected chi connectivity index (χ0v) is 14.2. The van der Waals surface area contributed by atoms with Crippen LogP contribution in [-0.4, -0.2) is 21.6 Å². The standard InChI is InChI=1S/C15H17BrN4O2/c1-9-13(16)10(2)20(18-9)11(3)15(21)22-19-14(17)12-7-5-4-6-8-12/h4-8,11H,1-3H3,(H2,17,19). The SMILES string of the molecule is Cc1nn(C(C)C(=O)O/N=C(\N)c2ccccc2)c(C)c1Br. The number of aromatic nitrogens is 2. The van der Waals surface area contributed by atoms with Gasteiger partial charge in [-0.25, -0.2) is 4.79 Å². The van der Waals surface area contributed by atoms with Gasteiger partial charge in [-0.1, -0.05) is 35.5 Å². The van der Waals surface area contributed by atoms with Crippen LogP contribution < -0.4 is 5.73 Å². The van der Waals surface area contributed by atoms with Gasteiger partial charge >= 0.3 is 5.97 Å². The average Bonchev–Trinajstić information content (AvgIpc) is 2.79. The van der Waals surface area contributed by atoms with Gasteiger partial charge in [-0.3, -0.25) is 4.68 Å². The Morgan fingerprint density at radius 2 is 2.00 bits per heavy atom. The van der Waals surface area contributed by atoms with E-state index >= 15 is 0 Å². The Balaban J connectivity index is 2.10. The maximum Gasteiger partial charge on any atom is 0.359 e. The van der Waals surface area contributed by atoms with Crippen molar-refractivity contribution in [2.45, 2.75) is 26.8 Å². The molecule has 0 bridgehead atoms.